The van der Waals surface area contributed by atoms with E-state index in [2.05, 4.69) is 0 Å². The summed E-state index contributed by atoms with van der Waals surface area (Å²) in [5.41, 5.74) is 6.26. The maximum absolute atomic E-state index is 9.68. The van der Waals surface area contributed by atoms with Gasteiger partial charge in [0.1, 0.15) is 18.5 Å². The topological polar surface area (TPSA) is 58.7 Å². The molecule has 16 heavy (non-hydrogen) atoms. The summed E-state index contributed by atoms with van der Waals surface area (Å²) < 4.78 is 5.44. The number of likely N-dealkylation sites (N-methyl/N-ethyl adjacent to an activating group) is 1. The standard InChI is InChI=1S/C12H20N2O2/c1-3-14(2)8-11(15)9-16-12-6-4-10(13)5-7-12/h4-7,11,15H,3,8-9,13H2,1-2H3. The molecule has 0 aliphatic heterocycles. The zero-order valence-corrected chi connectivity index (χ0v) is 9.89. The van der Waals surface area contributed by atoms with Crippen LogP contribution in [0.4, 0.5) is 5.69 Å². The fraction of sp³-hybridized carbons (Fsp3) is 0.500. The Morgan fingerprint density at radius 2 is 2.00 bits per heavy atom. The second kappa shape index (κ2) is 6.35. The molecular weight excluding hydrogens is 204 g/mol. The smallest absolute Gasteiger partial charge is 0.119 e. The lowest BCUT2D eigenvalue weighted by molar-refractivity contribution is 0.0779. The fourth-order valence-electron chi connectivity index (χ4n) is 1.30. The predicted molar refractivity (Wildman–Crippen MR) is 65.5 cm³/mol. The van der Waals surface area contributed by atoms with Gasteiger partial charge in [0.25, 0.3) is 0 Å². The van der Waals surface area contributed by atoms with Crippen molar-refractivity contribution < 1.29 is 9.84 Å². The van der Waals surface area contributed by atoms with Crippen molar-refractivity contribution in [1.82, 2.24) is 4.90 Å². The first-order chi connectivity index (χ1) is 7.61. The van der Waals surface area contributed by atoms with Gasteiger partial charge in [-0.25, -0.2) is 0 Å². The van der Waals surface area contributed by atoms with Crippen molar-refractivity contribution in [2.45, 2.75) is 13.0 Å². The molecule has 4 nitrogen and oxygen atoms in total. The number of nitrogens with two attached hydrogens (primary N) is 1. The number of nitrogens with zero attached hydrogens (tertiary/aromatic N) is 1. The number of rotatable bonds is 6. The highest BCUT2D eigenvalue weighted by atomic mass is 16.5. The summed E-state index contributed by atoms with van der Waals surface area (Å²) >= 11 is 0. The first-order valence-electron chi connectivity index (χ1n) is 5.46. The van der Waals surface area contributed by atoms with Gasteiger partial charge in [-0.15, -0.1) is 0 Å². The Morgan fingerprint density at radius 3 is 2.56 bits per heavy atom. The Hall–Kier alpha value is -1.26. The van der Waals surface area contributed by atoms with Crippen molar-refractivity contribution in [2.24, 2.45) is 0 Å². The molecule has 0 heterocycles. The van der Waals surface area contributed by atoms with Crippen LogP contribution in [0.5, 0.6) is 5.75 Å². The van der Waals surface area contributed by atoms with Crippen LogP contribution in [-0.2, 0) is 0 Å². The normalized spacial score (nSPS) is 12.8. The zero-order chi connectivity index (χ0) is 12.0. The van der Waals surface area contributed by atoms with Gasteiger partial charge >= 0.3 is 0 Å². The largest absolute Gasteiger partial charge is 0.491 e. The minimum absolute atomic E-state index is 0.300. The van der Waals surface area contributed by atoms with E-state index >= 15 is 0 Å². The summed E-state index contributed by atoms with van der Waals surface area (Å²) in [4.78, 5) is 2.04. The predicted octanol–water partition coefficient (Wildman–Crippen LogP) is 0.960. The molecule has 1 unspecified atom stereocenters. The third kappa shape index (κ3) is 4.51. The molecule has 1 atom stereocenters. The van der Waals surface area contributed by atoms with Crippen LogP contribution in [-0.4, -0.2) is 42.9 Å². The molecule has 0 amide bonds. The minimum Gasteiger partial charge on any atom is -0.491 e. The SMILES string of the molecule is CCN(C)CC(O)COc1ccc(N)cc1. The summed E-state index contributed by atoms with van der Waals surface area (Å²) in [5, 5.41) is 9.68. The lowest BCUT2D eigenvalue weighted by atomic mass is 10.3. The third-order valence-corrected chi connectivity index (χ3v) is 2.38. The number of hydrogen-bond donors (Lipinski definition) is 2. The van der Waals surface area contributed by atoms with Gasteiger partial charge in [-0.05, 0) is 37.9 Å². The monoisotopic (exact) mass is 224 g/mol. The van der Waals surface area contributed by atoms with E-state index < -0.39 is 6.10 Å². The van der Waals surface area contributed by atoms with Gasteiger partial charge in [-0.3, -0.25) is 0 Å². The molecule has 3 N–H and O–H groups in total. The first-order valence-corrected chi connectivity index (χ1v) is 5.46. The average molecular weight is 224 g/mol. The quantitative estimate of drug-likeness (QED) is 0.707. The van der Waals surface area contributed by atoms with Gasteiger partial charge in [0.15, 0.2) is 0 Å². The minimum atomic E-state index is -0.470. The maximum atomic E-state index is 9.68. The van der Waals surface area contributed by atoms with Gasteiger partial charge in [-0.1, -0.05) is 6.92 Å². The summed E-state index contributed by atoms with van der Waals surface area (Å²) in [5.74, 6) is 0.729. The lowest BCUT2D eigenvalue weighted by Gasteiger charge is -2.18. The van der Waals surface area contributed by atoms with E-state index in [0.29, 0.717) is 18.8 Å². The third-order valence-electron chi connectivity index (χ3n) is 2.38. The van der Waals surface area contributed by atoms with Crippen LogP contribution in [0.25, 0.3) is 0 Å². The van der Waals surface area contributed by atoms with E-state index in [1.165, 1.54) is 0 Å². The molecule has 1 aromatic carbocycles. The highest BCUT2D eigenvalue weighted by Gasteiger charge is 2.07. The number of aliphatic hydroxyl groups excluding tert-OH is 1. The van der Waals surface area contributed by atoms with Crippen molar-refractivity contribution in [3.8, 4) is 5.75 Å². The number of hydrogen-bond acceptors (Lipinski definition) is 4. The molecular formula is C12H20N2O2. The van der Waals surface area contributed by atoms with E-state index in [9.17, 15) is 5.11 Å². The van der Waals surface area contributed by atoms with Crippen LogP contribution < -0.4 is 10.5 Å². The molecule has 90 valence electrons. The van der Waals surface area contributed by atoms with Crippen molar-refractivity contribution in [3.63, 3.8) is 0 Å². The average Bonchev–Trinajstić information content (AvgIpc) is 2.28. The Labute approximate surface area is 96.6 Å². The van der Waals surface area contributed by atoms with Gasteiger partial charge in [0, 0.05) is 12.2 Å². The lowest BCUT2D eigenvalue weighted by Crippen LogP contribution is -2.32. The summed E-state index contributed by atoms with van der Waals surface area (Å²) in [6.07, 6.45) is -0.470. The molecule has 0 saturated heterocycles. The summed E-state index contributed by atoms with van der Waals surface area (Å²) in [6.45, 7) is 3.88. The Bertz CT molecular complexity index is 300. The highest BCUT2D eigenvalue weighted by molar-refractivity contribution is 5.41. The fourth-order valence-corrected chi connectivity index (χ4v) is 1.30. The second-order valence-corrected chi connectivity index (χ2v) is 3.89. The number of benzene rings is 1. The van der Waals surface area contributed by atoms with Gasteiger partial charge in [0.2, 0.25) is 0 Å². The van der Waals surface area contributed by atoms with Gasteiger partial charge < -0.3 is 20.5 Å². The molecule has 4 heteroatoms. The molecule has 0 aliphatic rings. The van der Waals surface area contributed by atoms with Crippen LogP contribution in [0.15, 0.2) is 24.3 Å². The molecule has 0 saturated carbocycles. The molecule has 0 radical (unpaired) electrons. The highest BCUT2D eigenvalue weighted by Crippen LogP contribution is 2.13. The maximum Gasteiger partial charge on any atom is 0.119 e. The van der Waals surface area contributed by atoms with E-state index in [-0.39, 0.29) is 0 Å². The van der Waals surface area contributed by atoms with Crippen LogP contribution >= 0.6 is 0 Å². The van der Waals surface area contributed by atoms with Gasteiger partial charge in [-0.2, -0.15) is 0 Å². The number of nitrogen functional groups attached to an aromatic ring is 1. The van der Waals surface area contributed by atoms with E-state index in [1.807, 2.05) is 18.9 Å². The van der Waals surface area contributed by atoms with Crippen molar-refractivity contribution in [1.29, 1.82) is 0 Å². The van der Waals surface area contributed by atoms with Crippen LogP contribution in [0.3, 0.4) is 0 Å². The summed E-state index contributed by atoms with van der Waals surface area (Å²) in [7, 11) is 1.96. The first kappa shape index (κ1) is 12.8. The molecule has 1 rings (SSSR count). The van der Waals surface area contributed by atoms with Gasteiger partial charge in [0.05, 0.1) is 0 Å². The molecule has 0 bridgehead atoms. The molecule has 0 aliphatic carbocycles. The number of anilines is 1. The van der Waals surface area contributed by atoms with Crippen LogP contribution in [0.2, 0.25) is 0 Å². The van der Waals surface area contributed by atoms with Crippen molar-refractivity contribution in [3.05, 3.63) is 24.3 Å². The molecule has 1 aromatic rings. The zero-order valence-electron chi connectivity index (χ0n) is 9.89. The molecule has 0 fully saturated rings. The van der Waals surface area contributed by atoms with Crippen LogP contribution in [0, 0.1) is 0 Å². The Morgan fingerprint density at radius 1 is 1.38 bits per heavy atom. The van der Waals surface area contributed by atoms with Crippen LogP contribution in [0.1, 0.15) is 6.92 Å². The van der Waals surface area contributed by atoms with E-state index in [1.54, 1.807) is 24.3 Å². The van der Waals surface area contributed by atoms with Crippen molar-refractivity contribution in [2.75, 3.05) is 32.5 Å². The molecule has 0 aromatic heterocycles. The number of aliphatic hydroxyl groups is 1. The van der Waals surface area contributed by atoms with E-state index in [4.69, 9.17) is 10.5 Å². The van der Waals surface area contributed by atoms with E-state index in [0.717, 1.165) is 12.3 Å². The summed E-state index contributed by atoms with van der Waals surface area (Å²) in [6, 6.07) is 7.15. The van der Waals surface area contributed by atoms with Crippen molar-refractivity contribution >= 4 is 5.69 Å². The molecule has 0 spiro atoms. The Balaban J connectivity index is 2.31. The number of ether oxygens (including phenoxy) is 1. The Kier molecular flexibility index (Phi) is 5.08. The second-order valence-electron chi connectivity index (χ2n) is 3.89.